The highest BCUT2D eigenvalue weighted by Crippen LogP contribution is 2.45. The molecule has 0 spiro atoms. The van der Waals surface area contributed by atoms with Gasteiger partial charge in [0, 0.05) is 37.7 Å². The van der Waals surface area contributed by atoms with E-state index in [9.17, 15) is 14.0 Å². The Morgan fingerprint density at radius 1 is 1.23 bits per heavy atom. The number of hydrogen-bond donors (Lipinski definition) is 0. The van der Waals surface area contributed by atoms with E-state index in [2.05, 4.69) is 4.98 Å². The van der Waals surface area contributed by atoms with Gasteiger partial charge < -0.3 is 14.5 Å². The Bertz CT molecular complexity index is 1110. The van der Waals surface area contributed by atoms with Crippen molar-refractivity contribution in [1.82, 2.24) is 14.8 Å². The number of carbonyl (C=O) groups is 2. The number of benzene rings is 1. The number of ether oxygens (including phenoxy) is 1. The van der Waals surface area contributed by atoms with Crippen LogP contribution in [-0.2, 0) is 16.9 Å². The average molecular weight is 419 g/mol. The van der Waals surface area contributed by atoms with Crippen molar-refractivity contribution in [3.05, 3.63) is 83.2 Å². The van der Waals surface area contributed by atoms with Gasteiger partial charge in [0.1, 0.15) is 17.6 Å². The molecule has 1 aliphatic carbocycles. The molecule has 2 unspecified atom stereocenters. The van der Waals surface area contributed by atoms with Gasteiger partial charge in [-0.25, -0.2) is 4.39 Å². The van der Waals surface area contributed by atoms with E-state index >= 15 is 0 Å². The first-order chi connectivity index (χ1) is 15.0. The summed E-state index contributed by atoms with van der Waals surface area (Å²) in [5, 5.41) is 0. The van der Waals surface area contributed by atoms with E-state index in [1.54, 1.807) is 41.3 Å². The number of allylic oxidation sites excluding steroid dienone is 2. The van der Waals surface area contributed by atoms with Crippen LogP contribution in [0.1, 0.15) is 28.0 Å². The van der Waals surface area contributed by atoms with Crippen LogP contribution in [0.25, 0.3) is 0 Å². The molecule has 158 valence electrons. The smallest absolute Gasteiger partial charge is 0.257 e. The lowest BCUT2D eigenvalue weighted by Gasteiger charge is -2.47. The van der Waals surface area contributed by atoms with E-state index in [1.165, 1.54) is 12.2 Å². The van der Waals surface area contributed by atoms with Crippen molar-refractivity contribution in [2.24, 2.45) is 0 Å². The average Bonchev–Trinajstić information content (AvgIpc) is 3.20. The molecule has 0 N–H and O–H groups in total. The summed E-state index contributed by atoms with van der Waals surface area (Å²) < 4.78 is 18.9. The summed E-state index contributed by atoms with van der Waals surface area (Å²) in [5.74, 6) is 0.334. The number of aromatic nitrogens is 1. The van der Waals surface area contributed by atoms with Crippen LogP contribution in [0.4, 0.5) is 4.39 Å². The quantitative estimate of drug-likeness (QED) is 0.767. The molecule has 31 heavy (non-hydrogen) atoms. The van der Waals surface area contributed by atoms with Gasteiger partial charge in [0.15, 0.2) is 0 Å². The van der Waals surface area contributed by atoms with Gasteiger partial charge >= 0.3 is 0 Å². The minimum absolute atomic E-state index is 0.141. The number of amides is 2. The molecule has 1 fully saturated rings. The molecule has 0 radical (unpaired) electrons. The second-order valence-electron chi connectivity index (χ2n) is 7.90. The van der Waals surface area contributed by atoms with Gasteiger partial charge in [-0.15, -0.1) is 0 Å². The maximum absolute atomic E-state index is 13.6. The Morgan fingerprint density at radius 3 is 2.74 bits per heavy atom. The first-order valence-corrected chi connectivity index (χ1v) is 10.3. The van der Waals surface area contributed by atoms with Crippen molar-refractivity contribution in [3.63, 3.8) is 0 Å². The Morgan fingerprint density at radius 2 is 2.03 bits per heavy atom. The van der Waals surface area contributed by atoms with E-state index in [4.69, 9.17) is 4.74 Å². The van der Waals surface area contributed by atoms with Gasteiger partial charge in [0.2, 0.25) is 0 Å². The van der Waals surface area contributed by atoms with Crippen molar-refractivity contribution in [1.29, 1.82) is 0 Å². The van der Waals surface area contributed by atoms with Gasteiger partial charge in [0.25, 0.3) is 11.8 Å². The maximum atomic E-state index is 13.6. The molecule has 6 nitrogen and oxygen atoms in total. The van der Waals surface area contributed by atoms with Crippen LogP contribution in [0.2, 0.25) is 0 Å². The predicted molar refractivity (Wildman–Crippen MR) is 112 cm³/mol. The SMILES string of the molecule is COc1ccc(C23Cc4ncccc4C(=O)N2CCN3C(=O)C2=CCC(F)C=C2)cc1. The lowest BCUT2D eigenvalue weighted by molar-refractivity contribution is -0.134. The number of fused-ring (bicyclic) bond motifs is 2. The molecule has 1 aromatic heterocycles. The van der Waals surface area contributed by atoms with Crippen LogP contribution in [0.15, 0.2) is 66.4 Å². The summed E-state index contributed by atoms with van der Waals surface area (Å²) in [4.78, 5) is 35.0. The Kier molecular flexibility index (Phi) is 4.61. The van der Waals surface area contributed by atoms with Crippen LogP contribution < -0.4 is 4.74 Å². The number of alkyl halides is 1. The Hall–Kier alpha value is -3.48. The first kappa shape index (κ1) is 19.5. The predicted octanol–water partition coefficient (Wildman–Crippen LogP) is 3.01. The minimum atomic E-state index is -1.07. The fraction of sp³-hybridized carbons (Fsp3) is 0.292. The van der Waals surface area contributed by atoms with E-state index in [1.807, 2.05) is 24.3 Å². The van der Waals surface area contributed by atoms with Crippen molar-refractivity contribution < 1.29 is 18.7 Å². The van der Waals surface area contributed by atoms with E-state index in [0.717, 1.165) is 5.56 Å². The van der Waals surface area contributed by atoms with E-state index < -0.39 is 11.8 Å². The fourth-order valence-electron chi connectivity index (χ4n) is 4.78. The standard InChI is InChI=1S/C24H22FN3O3/c1-31-19-10-6-17(7-11-19)24-15-21-20(3-2-12-26-21)23(30)28(24)14-13-27(24)22(29)16-4-8-18(25)9-5-16/h2-8,10-12,18H,9,13-15H2,1H3. The van der Waals surface area contributed by atoms with Crippen LogP contribution in [0, 0.1) is 0 Å². The zero-order valence-electron chi connectivity index (χ0n) is 17.1. The van der Waals surface area contributed by atoms with E-state index in [-0.39, 0.29) is 18.2 Å². The number of hydrogen-bond acceptors (Lipinski definition) is 4. The molecule has 2 amide bonds. The number of rotatable bonds is 3. The second-order valence-corrected chi connectivity index (χ2v) is 7.90. The summed E-state index contributed by atoms with van der Waals surface area (Å²) in [6, 6.07) is 11.0. The van der Waals surface area contributed by atoms with Crippen molar-refractivity contribution in [3.8, 4) is 5.75 Å². The third-order valence-corrected chi connectivity index (χ3v) is 6.31. The molecule has 1 saturated heterocycles. The molecule has 7 heteroatoms. The maximum Gasteiger partial charge on any atom is 0.257 e. The van der Waals surface area contributed by atoms with Crippen molar-refractivity contribution in [2.45, 2.75) is 24.7 Å². The normalized spacial score (nSPS) is 24.5. The lowest BCUT2D eigenvalue weighted by Crippen LogP contribution is -2.58. The summed E-state index contributed by atoms with van der Waals surface area (Å²) in [6.07, 6.45) is 5.73. The van der Waals surface area contributed by atoms with Gasteiger partial charge in [0.05, 0.1) is 18.4 Å². The first-order valence-electron chi connectivity index (χ1n) is 10.3. The molecule has 2 aromatic rings. The zero-order valence-corrected chi connectivity index (χ0v) is 17.1. The highest BCUT2D eigenvalue weighted by atomic mass is 19.1. The minimum Gasteiger partial charge on any atom is -0.497 e. The van der Waals surface area contributed by atoms with Crippen molar-refractivity contribution >= 4 is 11.8 Å². The summed E-state index contributed by atoms with van der Waals surface area (Å²) in [7, 11) is 1.59. The monoisotopic (exact) mass is 419 g/mol. The highest BCUT2D eigenvalue weighted by molar-refractivity contribution is 6.01. The third kappa shape index (κ3) is 2.95. The number of carbonyl (C=O) groups excluding carboxylic acids is 2. The Balaban J connectivity index is 1.64. The summed E-state index contributed by atoms with van der Waals surface area (Å²) in [6.45, 7) is 0.794. The topological polar surface area (TPSA) is 62.7 Å². The zero-order chi connectivity index (χ0) is 21.6. The van der Waals surface area contributed by atoms with Crippen molar-refractivity contribution in [2.75, 3.05) is 20.2 Å². The molecule has 5 rings (SSSR count). The van der Waals surface area contributed by atoms with Crippen LogP contribution >= 0.6 is 0 Å². The van der Waals surface area contributed by atoms with Crippen LogP contribution in [0.5, 0.6) is 5.75 Å². The van der Waals surface area contributed by atoms with E-state index in [0.29, 0.717) is 42.1 Å². The number of methoxy groups -OCH3 is 1. The fourth-order valence-corrected chi connectivity index (χ4v) is 4.78. The molecular weight excluding hydrogens is 397 g/mol. The number of nitrogens with zero attached hydrogens (tertiary/aromatic N) is 3. The molecule has 2 atom stereocenters. The van der Waals surface area contributed by atoms with Gasteiger partial charge in [-0.2, -0.15) is 0 Å². The van der Waals surface area contributed by atoms with Crippen LogP contribution in [-0.4, -0.2) is 53.0 Å². The summed E-state index contributed by atoms with van der Waals surface area (Å²) in [5.41, 5.74) is 1.49. The van der Waals surface area contributed by atoms with Crippen LogP contribution in [0.3, 0.4) is 0 Å². The second kappa shape index (κ2) is 7.34. The number of pyridine rings is 1. The molecule has 3 aliphatic rings. The molecule has 3 heterocycles. The third-order valence-electron chi connectivity index (χ3n) is 6.31. The summed E-state index contributed by atoms with van der Waals surface area (Å²) >= 11 is 0. The van der Waals surface area contributed by atoms with Gasteiger partial charge in [-0.1, -0.05) is 24.3 Å². The lowest BCUT2D eigenvalue weighted by atomic mass is 9.85. The number of halogens is 1. The molecule has 1 aromatic carbocycles. The molecule has 2 aliphatic heterocycles. The molecule has 0 bridgehead atoms. The Labute approximate surface area is 179 Å². The molecular formula is C24H22FN3O3. The van der Waals surface area contributed by atoms with Gasteiger partial charge in [-0.05, 0) is 35.9 Å². The molecule has 0 saturated carbocycles. The largest absolute Gasteiger partial charge is 0.497 e. The highest BCUT2D eigenvalue weighted by Gasteiger charge is 2.56. The van der Waals surface area contributed by atoms with Gasteiger partial charge in [-0.3, -0.25) is 14.6 Å².